The molecular weight excluding hydrogens is 210 g/mol. The zero-order chi connectivity index (χ0) is 12.9. The maximum atomic E-state index is 3.52. The Balaban J connectivity index is 2.12. The summed E-state index contributed by atoms with van der Waals surface area (Å²) in [5.41, 5.74) is 0.337. The summed E-state index contributed by atoms with van der Waals surface area (Å²) in [6, 6.07) is 0. The molecule has 0 bridgehead atoms. The van der Waals surface area contributed by atoms with Gasteiger partial charge in [0, 0.05) is 25.2 Å². The third-order valence-electron chi connectivity index (χ3n) is 3.78. The summed E-state index contributed by atoms with van der Waals surface area (Å²) < 4.78 is 0. The molecule has 0 spiro atoms. The van der Waals surface area contributed by atoms with Gasteiger partial charge in [-0.25, -0.2) is 0 Å². The Morgan fingerprint density at radius 1 is 1.24 bits per heavy atom. The lowest BCUT2D eigenvalue weighted by Gasteiger charge is -2.45. The topological polar surface area (TPSA) is 18.5 Å². The Labute approximate surface area is 108 Å². The predicted octanol–water partition coefficient (Wildman–Crippen LogP) is 1.65. The van der Waals surface area contributed by atoms with E-state index in [1.54, 1.807) is 0 Å². The average Bonchev–Trinajstić information content (AvgIpc) is 2.22. The van der Waals surface area contributed by atoms with Gasteiger partial charge in [-0.15, -0.1) is 0 Å². The minimum Gasteiger partial charge on any atom is -0.316 e. The van der Waals surface area contributed by atoms with Crippen molar-refractivity contribution in [2.24, 2.45) is 5.92 Å². The highest BCUT2D eigenvalue weighted by molar-refractivity contribution is 4.88. The smallest absolute Gasteiger partial charge is 0.0277 e. The van der Waals surface area contributed by atoms with Gasteiger partial charge in [0.1, 0.15) is 0 Å². The van der Waals surface area contributed by atoms with Crippen molar-refractivity contribution in [3.63, 3.8) is 0 Å². The first-order valence-electron chi connectivity index (χ1n) is 7.06. The Kier molecular flexibility index (Phi) is 5.90. The Morgan fingerprint density at radius 2 is 1.94 bits per heavy atom. The molecule has 1 aliphatic heterocycles. The lowest BCUT2D eigenvalue weighted by atomic mass is 10.00. The summed E-state index contributed by atoms with van der Waals surface area (Å²) in [5, 5.41) is 3.52. The van der Waals surface area contributed by atoms with Crippen molar-refractivity contribution in [1.29, 1.82) is 0 Å². The van der Waals surface area contributed by atoms with Crippen LogP contribution in [0.4, 0.5) is 0 Å². The number of rotatable bonds is 6. The van der Waals surface area contributed by atoms with Crippen molar-refractivity contribution < 1.29 is 0 Å². The lowest BCUT2D eigenvalue weighted by Crippen LogP contribution is -2.57. The SMILES string of the molecule is CC(C)CNCCCN1CCN(C)C(C)(C)C1. The summed E-state index contributed by atoms with van der Waals surface area (Å²) in [6.45, 7) is 16.4. The standard InChI is InChI=1S/C14H31N3/c1-13(2)11-15-7-6-8-17-10-9-16(5)14(3,4)12-17/h13,15H,6-12H2,1-5H3. The lowest BCUT2D eigenvalue weighted by molar-refractivity contribution is 0.0396. The third-order valence-corrected chi connectivity index (χ3v) is 3.78. The van der Waals surface area contributed by atoms with Crippen LogP contribution in [0.2, 0.25) is 0 Å². The number of hydrogen-bond acceptors (Lipinski definition) is 3. The molecule has 17 heavy (non-hydrogen) atoms. The van der Waals surface area contributed by atoms with Gasteiger partial charge >= 0.3 is 0 Å². The molecular formula is C14H31N3. The Hall–Kier alpha value is -0.120. The molecule has 3 nitrogen and oxygen atoms in total. The highest BCUT2D eigenvalue weighted by atomic mass is 15.3. The van der Waals surface area contributed by atoms with E-state index in [-0.39, 0.29) is 0 Å². The summed E-state index contributed by atoms with van der Waals surface area (Å²) in [7, 11) is 2.24. The van der Waals surface area contributed by atoms with Crippen LogP contribution in [0.5, 0.6) is 0 Å². The number of hydrogen-bond donors (Lipinski definition) is 1. The summed E-state index contributed by atoms with van der Waals surface area (Å²) >= 11 is 0. The van der Waals surface area contributed by atoms with E-state index in [0.717, 1.165) is 19.0 Å². The van der Waals surface area contributed by atoms with E-state index in [1.807, 2.05) is 0 Å². The van der Waals surface area contributed by atoms with Gasteiger partial charge in [-0.05, 0) is 52.9 Å². The van der Waals surface area contributed by atoms with Gasteiger partial charge < -0.3 is 10.2 Å². The molecule has 0 aromatic heterocycles. The van der Waals surface area contributed by atoms with Crippen LogP contribution in [-0.4, -0.2) is 61.7 Å². The second-order valence-electron chi connectivity index (χ2n) is 6.46. The maximum absolute atomic E-state index is 3.52. The number of likely N-dealkylation sites (N-methyl/N-ethyl adjacent to an activating group) is 1. The first kappa shape index (κ1) is 14.9. The van der Waals surface area contributed by atoms with Gasteiger partial charge in [0.15, 0.2) is 0 Å². The van der Waals surface area contributed by atoms with E-state index in [0.29, 0.717) is 5.54 Å². The molecule has 0 aromatic rings. The zero-order valence-corrected chi connectivity index (χ0v) is 12.4. The van der Waals surface area contributed by atoms with Crippen molar-refractivity contribution in [2.45, 2.75) is 39.7 Å². The van der Waals surface area contributed by atoms with Crippen LogP contribution in [-0.2, 0) is 0 Å². The fraction of sp³-hybridized carbons (Fsp3) is 1.00. The summed E-state index contributed by atoms with van der Waals surface area (Å²) in [6.07, 6.45) is 1.27. The highest BCUT2D eigenvalue weighted by Gasteiger charge is 2.30. The summed E-state index contributed by atoms with van der Waals surface area (Å²) in [4.78, 5) is 5.08. The van der Waals surface area contributed by atoms with Crippen molar-refractivity contribution >= 4 is 0 Å². The first-order valence-corrected chi connectivity index (χ1v) is 7.06. The van der Waals surface area contributed by atoms with Crippen LogP contribution < -0.4 is 5.32 Å². The second-order valence-corrected chi connectivity index (χ2v) is 6.46. The van der Waals surface area contributed by atoms with Gasteiger partial charge in [-0.3, -0.25) is 4.90 Å². The molecule has 1 aliphatic rings. The molecule has 0 amide bonds. The number of piperazine rings is 1. The van der Waals surface area contributed by atoms with Crippen molar-refractivity contribution in [3.05, 3.63) is 0 Å². The zero-order valence-electron chi connectivity index (χ0n) is 12.4. The van der Waals surface area contributed by atoms with E-state index in [1.165, 1.54) is 32.6 Å². The molecule has 102 valence electrons. The maximum Gasteiger partial charge on any atom is 0.0277 e. The fourth-order valence-corrected chi connectivity index (χ4v) is 2.35. The normalized spacial score (nSPS) is 22.2. The second kappa shape index (κ2) is 6.72. The molecule has 3 heteroatoms. The van der Waals surface area contributed by atoms with Gasteiger partial charge in [-0.2, -0.15) is 0 Å². The molecule has 0 radical (unpaired) electrons. The van der Waals surface area contributed by atoms with Gasteiger partial charge in [0.05, 0.1) is 0 Å². The average molecular weight is 241 g/mol. The summed E-state index contributed by atoms with van der Waals surface area (Å²) in [5.74, 6) is 0.762. The minimum absolute atomic E-state index is 0.337. The third kappa shape index (κ3) is 5.36. The van der Waals surface area contributed by atoms with E-state index >= 15 is 0 Å². The van der Waals surface area contributed by atoms with Crippen molar-refractivity contribution in [3.8, 4) is 0 Å². The van der Waals surface area contributed by atoms with Gasteiger partial charge in [0.25, 0.3) is 0 Å². The molecule has 0 unspecified atom stereocenters. The van der Waals surface area contributed by atoms with E-state index in [2.05, 4.69) is 49.9 Å². The molecule has 1 heterocycles. The van der Waals surface area contributed by atoms with Gasteiger partial charge in [-0.1, -0.05) is 13.8 Å². The molecule has 1 saturated heterocycles. The molecule has 1 fully saturated rings. The van der Waals surface area contributed by atoms with Crippen molar-refractivity contribution in [1.82, 2.24) is 15.1 Å². The molecule has 0 atom stereocenters. The van der Waals surface area contributed by atoms with Crippen LogP contribution >= 0.6 is 0 Å². The predicted molar refractivity (Wildman–Crippen MR) is 75.5 cm³/mol. The van der Waals surface area contributed by atoms with E-state index in [4.69, 9.17) is 0 Å². The Bertz CT molecular complexity index is 214. The van der Waals surface area contributed by atoms with E-state index in [9.17, 15) is 0 Å². The van der Waals surface area contributed by atoms with Crippen LogP contribution in [0.3, 0.4) is 0 Å². The van der Waals surface area contributed by atoms with Crippen LogP contribution in [0, 0.1) is 5.92 Å². The molecule has 1 N–H and O–H groups in total. The highest BCUT2D eigenvalue weighted by Crippen LogP contribution is 2.18. The number of nitrogens with zero attached hydrogens (tertiary/aromatic N) is 2. The van der Waals surface area contributed by atoms with Crippen LogP contribution in [0.15, 0.2) is 0 Å². The quantitative estimate of drug-likeness (QED) is 0.713. The van der Waals surface area contributed by atoms with Crippen molar-refractivity contribution in [2.75, 3.05) is 46.3 Å². The number of nitrogens with one attached hydrogen (secondary N) is 1. The fourth-order valence-electron chi connectivity index (χ4n) is 2.35. The molecule has 0 saturated carbocycles. The van der Waals surface area contributed by atoms with Gasteiger partial charge in [0.2, 0.25) is 0 Å². The van der Waals surface area contributed by atoms with E-state index < -0.39 is 0 Å². The monoisotopic (exact) mass is 241 g/mol. The molecule has 0 aliphatic carbocycles. The minimum atomic E-state index is 0.337. The van der Waals surface area contributed by atoms with Crippen LogP contribution in [0.1, 0.15) is 34.1 Å². The molecule has 1 rings (SSSR count). The first-order chi connectivity index (χ1) is 7.92. The molecule has 0 aromatic carbocycles. The largest absolute Gasteiger partial charge is 0.316 e. The Morgan fingerprint density at radius 3 is 2.53 bits per heavy atom. The van der Waals surface area contributed by atoms with Crippen LogP contribution in [0.25, 0.3) is 0 Å².